The van der Waals surface area contributed by atoms with Crippen molar-refractivity contribution < 1.29 is 19.0 Å². The Labute approximate surface area is 277 Å². The summed E-state index contributed by atoms with van der Waals surface area (Å²) in [6.07, 6.45) is 1.68. The van der Waals surface area contributed by atoms with Gasteiger partial charge < -0.3 is 24.2 Å². The molecule has 0 aliphatic carbocycles. The highest BCUT2D eigenvalue weighted by atomic mass is 35.5. The fraction of sp³-hybridized carbons (Fsp3) is 0.486. The molecule has 2 unspecified atom stereocenters. The molecule has 2 aliphatic heterocycles. The quantitative estimate of drug-likeness (QED) is 0.123. The lowest BCUT2D eigenvalue weighted by atomic mass is 9.86. The minimum atomic E-state index is -0.205. The third-order valence-electron chi connectivity index (χ3n) is 9.59. The van der Waals surface area contributed by atoms with E-state index >= 15 is 0 Å². The molecule has 0 saturated heterocycles. The average molecular weight is 647 g/mol. The van der Waals surface area contributed by atoms with Crippen LogP contribution in [0.5, 0.6) is 0 Å². The first-order valence-corrected chi connectivity index (χ1v) is 16.9. The Hall–Kier alpha value is -3.46. The standard InChI is InChI=1S/C37H47ClN4O4/c1-9-26-21(3)30-19-34-36(25(7)46-15-14-45-13-12-38)23(5)32(41-34)18-31-22(4)27(10-11-35(43)44-8)37(42-31)24(6)29-16-20(2)28(39-29)17-33(26)40-30/h16-19,22,25,27,39,41H,9-15H2,1-8H3/t22?,25?,27-/m0/s1. The zero-order valence-corrected chi connectivity index (χ0v) is 29.2. The number of hydrogen-bond donors (Lipinski definition) is 2. The van der Waals surface area contributed by atoms with E-state index in [4.69, 9.17) is 35.8 Å². The predicted molar refractivity (Wildman–Crippen MR) is 186 cm³/mol. The zero-order chi connectivity index (χ0) is 33.1. The summed E-state index contributed by atoms with van der Waals surface area (Å²) >= 11 is 5.77. The van der Waals surface area contributed by atoms with Gasteiger partial charge in [0, 0.05) is 63.2 Å². The summed E-state index contributed by atoms with van der Waals surface area (Å²) < 4.78 is 16.9. The van der Waals surface area contributed by atoms with Crippen molar-refractivity contribution in [2.45, 2.75) is 85.7 Å². The van der Waals surface area contributed by atoms with E-state index in [0.717, 1.165) is 73.5 Å². The molecule has 5 heterocycles. The number of alkyl halides is 1. The second-order valence-electron chi connectivity index (χ2n) is 12.4. The third kappa shape index (κ3) is 6.80. The van der Waals surface area contributed by atoms with Crippen molar-refractivity contribution in [2.75, 3.05) is 32.8 Å². The largest absolute Gasteiger partial charge is 0.469 e. The van der Waals surface area contributed by atoms with E-state index in [0.29, 0.717) is 38.5 Å². The van der Waals surface area contributed by atoms with Gasteiger partial charge in [-0.1, -0.05) is 13.8 Å². The molecular weight excluding hydrogens is 600 g/mol. The van der Waals surface area contributed by atoms with E-state index < -0.39 is 0 Å². The number of nitrogens with one attached hydrogen (secondary N) is 2. The van der Waals surface area contributed by atoms with Crippen LogP contribution in [0.1, 0.15) is 110 Å². The van der Waals surface area contributed by atoms with Gasteiger partial charge in [-0.2, -0.15) is 0 Å². The molecule has 246 valence electrons. The van der Waals surface area contributed by atoms with Gasteiger partial charge in [0.05, 0.1) is 44.4 Å². The van der Waals surface area contributed by atoms with Gasteiger partial charge in [0.1, 0.15) is 0 Å². The monoisotopic (exact) mass is 646 g/mol. The number of fused-ring (bicyclic) bond motifs is 8. The van der Waals surface area contributed by atoms with Gasteiger partial charge >= 0.3 is 5.97 Å². The Morgan fingerprint density at radius 2 is 1.65 bits per heavy atom. The molecule has 46 heavy (non-hydrogen) atoms. The molecule has 5 rings (SSSR count). The summed E-state index contributed by atoms with van der Waals surface area (Å²) in [5.41, 5.74) is 14.8. The SMILES string of the molecule is CCC1=C(C)c2cc3[nH]c(cc4nc(c(C)c5cc(C)c(cc1n2)[nH]5)[C@@H](CCC(=O)OC)C4C)c(C)c3C(C)OCCOCCCl. The minimum absolute atomic E-state index is 0.0707. The van der Waals surface area contributed by atoms with Crippen LogP contribution >= 0.6 is 11.6 Å². The zero-order valence-electron chi connectivity index (χ0n) is 28.4. The van der Waals surface area contributed by atoms with Crippen LogP contribution in [0.25, 0.3) is 33.2 Å². The first-order valence-electron chi connectivity index (χ1n) is 16.3. The molecule has 3 aromatic heterocycles. The molecule has 0 radical (unpaired) electrons. The number of hydrogen-bond acceptors (Lipinski definition) is 6. The van der Waals surface area contributed by atoms with Gasteiger partial charge in [-0.3, -0.25) is 9.78 Å². The molecule has 0 aromatic carbocycles. The van der Waals surface area contributed by atoms with Crippen molar-refractivity contribution in [2.24, 2.45) is 0 Å². The van der Waals surface area contributed by atoms with Gasteiger partial charge in [0.2, 0.25) is 0 Å². The minimum Gasteiger partial charge on any atom is -0.469 e. The molecule has 8 bridgehead atoms. The van der Waals surface area contributed by atoms with Crippen LogP contribution in [0.15, 0.2) is 24.3 Å². The highest BCUT2D eigenvalue weighted by molar-refractivity contribution is 6.17. The highest BCUT2D eigenvalue weighted by Crippen LogP contribution is 2.42. The number of carbonyl (C=O) groups is 1. The predicted octanol–water partition coefficient (Wildman–Crippen LogP) is 8.75. The molecule has 0 saturated carbocycles. The van der Waals surface area contributed by atoms with Gasteiger partial charge in [0.15, 0.2) is 0 Å². The second kappa shape index (κ2) is 14.5. The average Bonchev–Trinajstić information content (AvgIpc) is 3.74. The molecular formula is C37H47ClN4O4. The Balaban J connectivity index is 1.78. The van der Waals surface area contributed by atoms with E-state index in [1.54, 1.807) is 0 Å². The van der Waals surface area contributed by atoms with Crippen LogP contribution in [0.4, 0.5) is 0 Å². The number of halogens is 1. The number of aromatic nitrogens is 4. The van der Waals surface area contributed by atoms with E-state index in [2.05, 4.69) is 82.7 Å². The molecule has 0 fully saturated rings. The summed E-state index contributed by atoms with van der Waals surface area (Å²) in [6, 6.07) is 8.68. The number of rotatable bonds is 11. The van der Waals surface area contributed by atoms with Crippen molar-refractivity contribution in [3.63, 3.8) is 0 Å². The summed E-state index contributed by atoms with van der Waals surface area (Å²) in [5, 5.41) is 0. The maximum absolute atomic E-state index is 12.2. The van der Waals surface area contributed by atoms with Crippen LogP contribution in [0.3, 0.4) is 0 Å². The number of allylic oxidation sites excluding steroid dienone is 2. The topological polar surface area (TPSA) is 102 Å². The van der Waals surface area contributed by atoms with Crippen LogP contribution < -0.4 is 0 Å². The van der Waals surface area contributed by atoms with Gasteiger partial charge in [-0.05, 0) is 99.6 Å². The van der Waals surface area contributed by atoms with Gasteiger partial charge in [0.25, 0.3) is 0 Å². The Kier molecular flexibility index (Phi) is 10.7. The van der Waals surface area contributed by atoms with Crippen molar-refractivity contribution in [1.29, 1.82) is 0 Å². The number of aromatic amines is 2. The Bertz CT molecular complexity index is 1800. The van der Waals surface area contributed by atoms with Gasteiger partial charge in [-0.25, -0.2) is 4.98 Å². The summed E-state index contributed by atoms with van der Waals surface area (Å²) in [6.45, 7) is 16.5. The molecule has 3 aromatic rings. The maximum Gasteiger partial charge on any atom is 0.305 e. The van der Waals surface area contributed by atoms with Crippen molar-refractivity contribution in [1.82, 2.24) is 19.9 Å². The number of ether oxygens (including phenoxy) is 3. The van der Waals surface area contributed by atoms with Crippen LogP contribution in [0.2, 0.25) is 0 Å². The maximum atomic E-state index is 12.2. The third-order valence-corrected chi connectivity index (χ3v) is 9.74. The number of esters is 1. The molecule has 0 spiro atoms. The molecule has 2 N–H and O–H groups in total. The lowest BCUT2D eigenvalue weighted by molar-refractivity contribution is -0.140. The Morgan fingerprint density at radius 1 is 0.935 bits per heavy atom. The highest BCUT2D eigenvalue weighted by Gasteiger charge is 2.31. The first kappa shape index (κ1) is 33.9. The van der Waals surface area contributed by atoms with Crippen molar-refractivity contribution in [3.8, 4) is 0 Å². The Morgan fingerprint density at radius 3 is 2.37 bits per heavy atom. The van der Waals surface area contributed by atoms with E-state index in [1.165, 1.54) is 18.3 Å². The summed E-state index contributed by atoms with van der Waals surface area (Å²) in [5.74, 6) is 0.430. The lowest BCUT2D eigenvalue weighted by Crippen LogP contribution is -2.09. The molecule has 0 amide bonds. The van der Waals surface area contributed by atoms with Crippen LogP contribution in [-0.2, 0) is 19.0 Å². The fourth-order valence-corrected chi connectivity index (χ4v) is 6.94. The number of carbonyl (C=O) groups excluding carboxylic acids is 1. The second-order valence-corrected chi connectivity index (χ2v) is 12.8. The number of methoxy groups -OCH3 is 1. The lowest BCUT2D eigenvalue weighted by Gasteiger charge is -2.16. The van der Waals surface area contributed by atoms with Crippen molar-refractivity contribution in [3.05, 3.63) is 69.3 Å². The molecule has 2 aliphatic rings. The molecule has 9 heteroatoms. The first-order chi connectivity index (χ1) is 22.1. The fourth-order valence-electron chi connectivity index (χ4n) is 6.83. The van der Waals surface area contributed by atoms with Crippen molar-refractivity contribution >= 4 is 50.8 Å². The molecule has 8 nitrogen and oxygen atoms in total. The van der Waals surface area contributed by atoms with E-state index in [-0.39, 0.29) is 23.9 Å². The van der Waals surface area contributed by atoms with Gasteiger partial charge in [-0.15, -0.1) is 11.6 Å². The van der Waals surface area contributed by atoms with E-state index in [1.807, 2.05) is 0 Å². The van der Waals surface area contributed by atoms with Crippen LogP contribution in [-0.4, -0.2) is 58.7 Å². The van der Waals surface area contributed by atoms with E-state index in [9.17, 15) is 4.79 Å². The number of aryl methyl sites for hydroxylation is 3. The molecule has 3 atom stereocenters. The number of nitrogens with zero attached hydrogens (tertiary/aromatic N) is 2. The van der Waals surface area contributed by atoms with Crippen LogP contribution in [0, 0.1) is 20.8 Å². The number of H-pyrrole nitrogens is 2. The smallest absolute Gasteiger partial charge is 0.305 e. The normalized spacial score (nSPS) is 17.1. The summed E-state index contributed by atoms with van der Waals surface area (Å²) in [4.78, 5) is 30.0. The summed E-state index contributed by atoms with van der Waals surface area (Å²) in [7, 11) is 1.44.